The highest BCUT2D eigenvalue weighted by molar-refractivity contribution is 6.06. The summed E-state index contributed by atoms with van der Waals surface area (Å²) in [6.07, 6.45) is -1.18. The van der Waals surface area contributed by atoms with Crippen molar-refractivity contribution in [1.29, 1.82) is 0 Å². The van der Waals surface area contributed by atoms with Crippen LogP contribution in [0.3, 0.4) is 0 Å². The van der Waals surface area contributed by atoms with Crippen molar-refractivity contribution >= 4 is 23.7 Å². The van der Waals surface area contributed by atoms with Crippen LogP contribution in [0.2, 0.25) is 0 Å². The molecule has 1 unspecified atom stereocenters. The highest BCUT2D eigenvalue weighted by Crippen LogP contribution is 2.34. The minimum Gasteiger partial charge on any atom is -0.466 e. The molecule has 0 saturated heterocycles. The molecule has 0 amide bonds. The zero-order valence-corrected chi connectivity index (χ0v) is 16.9. The van der Waals surface area contributed by atoms with Crippen LogP contribution in [0.4, 0.5) is 0 Å². The Morgan fingerprint density at radius 2 is 1.38 bits per heavy atom. The smallest absolute Gasteiger partial charge is 0.336 e. The zero-order chi connectivity index (χ0) is 21.7. The zero-order valence-electron chi connectivity index (χ0n) is 16.9. The van der Waals surface area contributed by atoms with Gasteiger partial charge < -0.3 is 19.5 Å². The number of carbonyl (C=O) groups excluding carboxylic acids is 4. The summed E-state index contributed by atoms with van der Waals surface area (Å²) >= 11 is 0. The lowest BCUT2D eigenvalue weighted by Crippen LogP contribution is -2.38. The fourth-order valence-corrected chi connectivity index (χ4v) is 3.19. The van der Waals surface area contributed by atoms with Crippen LogP contribution >= 0.6 is 0 Å². The summed E-state index contributed by atoms with van der Waals surface area (Å²) < 4.78 is 15.1. The minimum atomic E-state index is -1.40. The summed E-state index contributed by atoms with van der Waals surface area (Å²) in [4.78, 5) is 50.0. The fraction of sp³-hybridized carbons (Fsp3) is 0.333. The first-order valence-corrected chi connectivity index (χ1v) is 8.84. The average Bonchev–Trinajstić information content (AvgIpc) is 2.70. The van der Waals surface area contributed by atoms with E-state index in [-0.39, 0.29) is 11.1 Å². The first kappa shape index (κ1) is 21.9. The van der Waals surface area contributed by atoms with Crippen molar-refractivity contribution in [2.24, 2.45) is 5.92 Å². The average molecular weight is 401 g/mol. The van der Waals surface area contributed by atoms with Crippen LogP contribution in [0, 0.1) is 5.92 Å². The first-order valence-electron chi connectivity index (χ1n) is 8.84. The molecular formula is C21H23NO7. The van der Waals surface area contributed by atoms with Crippen LogP contribution in [0.15, 0.2) is 52.9 Å². The van der Waals surface area contributed by atoms with Crippen molar-refractivity contribution in [3.8, 4) is 0 Å². The van der Waals surface area contributed by atoms with E-state index < -0.39 is 35.7 Å². The normalized spacial score (nSPS) is 15.3. The number of ketones is 1. The Kier molecular flexibility index (Phi) is 6.93. The van der Waals surface area contributed by atoms with Crippen molar-refractivity contribution in [3.63, 3.8) is 0 Å². The number of allylic oxidation sites excluding steroid dienone is 2. The van der Waals surface area contributed by atoms with Crippen LogP contribution in [0.25, 0.3) is 0 Å². The molecule has 2 rings (SSSR count). The number of rotatable bonds is 6. The van der Waals surface area contributed by atoms with Gasteiger partial charge in [0.15, 0.2) is 11.9 Å². The molecule has 1 aliphatic heterocycles. The van der Waals surface area contributed by atoms with Gasteiger partial charge >= 0.3 is 17.9 Å². The second kappa shape index (κ2) is 9.18. The monoisotopic (exact) mass is 401 g/mol. The van der Waals surface area contributed by atoms with Gasteiger partial charge in [-0.15, -0.1) is 0 Å². The summed E-state index contributed by atoms with van der Waals surface area (Å²) in [5, 5.41) is 2.89. The maximum atomic E-state index is 13.2. The number of ether oxygens (including phenoxy) is 3. The van der Waals surface area contributed by atoms with Gasteiger partial charge in [-0.05, 0) is 26.3 Å². The van der Waals surface area contributed by atoms with E-state index in [9.17, 15) is 19.2 Å². The van der Waals surface area contributed by atoms with Crippen molar-refractivity contribution in [3.05, 3.63) is 58.4 Å². The van der Waals surface area contributed by atoms with E-state index in [1.807, 2.05) is 0 Å². The molecule has 1 N–H and O–H groups in total. The van der Waals surface area contributed by atoms with E-state index in [4.69, 9.17) is 14.2 Å². The molecule has 0 fully saturated rings. The molecule has 29 heavy (non-hydrogen) atoms. The van der Waals surface area contributed by atoms with Gasteiger partial charge in [0, 0.05) is 11.4 Å². The van der Waals surface area contributed by atoms with Crippen LogP contribution in [-0.2, 0) is 33.4 Å². The lowest BCUT2D eigenvalue weighted by Gasteiger charge is -2.29. The predicted octanol–water partition coefficient (Wildman–Crippen LogP) is 1.97. The number of benzene rings is 1. The number of esters is 3. The van der Waals surface area contributed by atoms with Gasteiger partial charge in [0.2, 0.25) is 0 Å². The van der Waals surface area contributed by atoms with Gasteiger partial charge in [-0.3, -0.25) is 9.59 Å². The molecule has 0 aliphatic carbocycles. The summed E-state index contributed by atoms with van der Waals surface area (Å²) in [6.45, 7) is 4.44. The molecule has 1 heterocycles. The summed E-state index contributed by atoms with van der Waals surface area (Å²) in [5.74, 6) is -4.34. The Morgan fingerprint density at radius 3 is 1.79 bits per heavy atom. The predicted molar refractivity (Wildman–Crippen MR) is 102 cm³/mol. The molecule has 0 bridgehead atoms. The molecule has 1 aromatic carbocycles. The van der Waals surface area contributed by atoms with Gasteiger partial charge in [0.25, 0.3) is 0 Å². The maximum Gasteiger partial charge on any atom is 0.336 e. The first-order chi connectivity index (χ1) is 13.7. The Morgan fingerprint density at radius 1 is 0.897 bits per heavy atom. The van der Waals surface area contributed by atoms with Gasteiger partial charge in [-0.2, -0.15) is 0 Å². The van der Waals surface area contributed by atoms with E-state index in [1.165, 1.54) is 6.92 Å². The molecular weight excluding hydrogens is 378 g/mol. The fourth-order valence-electron chi connectivity index (χ4n) is 3.19. The van der Waals surface area contributed by atoms with Crippen LogP contribution in [0.1, 0.15) is 32.4 Å². The third kappa shape index (κ3) is 4.53. The van der Waals surface area contributed by atoms with Gasteiger partial charge in [-0.25, -0.2) is 9.59 Å². The maximum absolute atomic E-state index is 13.2. The van der Waals surface area contributed by atoms with Crippen LogP contribution in [-0.4, -0.2) is 37.9 Å². The van der Waals surface area contributed by atoms with Crippen molar-refractivity contribution < 1.29 is 33.4 Å². The Hall–Kier alpha value is -3.42. The van der Waals surface area contributed by atoms with E-state index in [2.05, 4.69) is 5.32 Å². The Labute approximate surface area is 168 Å². The highest BCUT2D eigenvalue weighted by Gasteiger charge is 2.43. The summed E-state index contributed by atoms with van der Waals surface area (Å²) in [6, 6.07) is 8.46. The van der Waals surface area contributed by atoms with Crippen LogP contribution in [0.5, 0.6) is 0 Å². The second-order valence-electron chi connectivity index (χ2n) is 6.46. The number of hydrogen-bond acceptors (Lipinski definition) is 8. The second-order valence-corrected chi connectivity index (χ2v) is 6.46. The van der Waals surface area contributed by atoms with Crippen molar-refractivity contribution in [2.45, 2.75) is 26.9 Å². The quantitative estimate of drug-likeness (QED) is 0.569. The molecule has 1 aromatic rings. The van der Waals surface area contributed by atoms with Gasteiger partial charge in [0.05, 0.1) is 25.4 Å². The van der Waals surface area contributed by atoms with E-state index in [1.54, 1.807) is 44.2 Å². The number of methoxy groups -OCH3 is 2. The van der Waals surface area contributed by atoms with Gasteiger partial charge in [-0.1, -0.05) is 30.3 Å². The van der Waals surface area contributed by atoms with Crippen LogP contribution < -0.4 is 5.32 Å². The number of nitrogens with one attached hydrogen (secondary N) is 1. The minimum absolute atomic E-state index is 0.0844. The molecule has 0 radical (unpaired) electrons. The lowest BCUT2D eigenvalue weighted by atomic mass is 9.85. The molecule has 8 nitrogen and oxygen atoms in total. The standard InChI is InChI=1S/C21H23NO7/c1-11-15(19(24)27-4)17(16(12(2)22-11)20(25)28-5)21(26)29-18(13(3)23)14-9-7-6-8-10-14/h6-10,17-18,22H,1-5H3. The Balaban J connectivity index is 2.52. The molecule has 1 atom stereocenters. The molecule has 1 aliphatic rings. The third-order valence-electron chi connectivity index (χ3n) is 4.51. The van der Waals surface area contributed by atoms with E-state index >= 15 is 0 Å². The summed E-state index contributed by atoms with van der Waals surface area (Å²) in [5.41, 5.74) is 0.978. The van der Waals surface area contributed by atoms with Crippen molar-refractivity contribution in [2.75, 3.05) is 14.2 Å². The number of carbonyl (C=O) groups is 4. The molecule has 0 aromatic heterocycles. The molecule has 8 heteroatoms. The third-order valence-corrected chi connectivity index (χ3v) is 4.51. The SMILES string of the molecule is COC(=O)C1=C(C)NC(C)=C(C(=O)OC)C1C(=O)OC(C(C)=O)c1ccccc1. The molecule has 0 spiro atoms. The molecule has 0 saturated carbocycles. The topological polar surface area (TPSA) is 108 Å². The number of dihydropyridines is 1. The number of hydrogen-bond donors (Lipinski definition) is 1. The summed E-state index contributed by atoms with van der Waals surface area (Å²) in [7, 11) is 2.33. The van der Waals surface area contributed by atoms with E-state index in [0.29, 0.717) is 17.0 Å². The highest BCUT2D eigenvalue weighted by atomic mass is 16.6. The van der Waals surface area contributed by atoms with E-state index in [0.717, 1.165) is 14.2 Å². The number of Topliss-reactive ketones (excluding diaryl/α,β-unsaturated/α-hetero) is 1. The largest absolute Gasteiger partial charge is 0.466 e. The van der Waals surface area contributed by atoms with Crippen molar-refractivity contribution in [1.82, 2.24) is 5.32 Å². The lowest BCUT2D eigenvalue weighted by molar-refractivity contribution is -0.159. The molecule has 154 valence electrons. The van der Waals surface area contributed by atoms with Gasteiger partial charge in [0.1, 0.15) is 5.92 Å². The Bertz CT molecular complexity index is 861.